The molecule has 2 unspecified atom stereocenters. The van der Waals surface area contributed by atoms with Gasteiger partial charge in [0.25, 0.3) is 0 Å². The molecule has 0 spiro atoms. The molecule has 2 rings (SSSR count). The van der Waals surface area contributed by atoms with E-state index in [4.69, 9.17) is 0 Å². The highest BCUT2D eigenvalue weighted by Crippen LogP contribution is 2.11. The molecule has 0 amide bonds. The second kappa shape index (κ2) is 2.91. The van der Waals surface area contributed by atoms with Gasteiger partial charge in [-0.25, -0.2) is 0 Å². The number of hydrogen-bond acceptors (Lipinski definition) is 3. The average molecular weight is 154 g/mol. The molecule has 2 N–H and O–H groups in total. The van der Waals surface area contributed by atoms with Crippen LogP contribution in [0.2, 0.25) is 0 Å². The molecule has 2 saturated heterocycles. The van der Waals surface area contributed by atoms with Crippen LogP contribution in [0.15, 0.2) is 0 Å². The molecule has 2 fully saturated rings. The standard InChI is InChI=1S/C8H14N2O/c11-8-2-1-6-4-9-5-7(3-8)10-6/h6-7,9-10H,1-5H2. The molecule has 0 saturated carbocycles. The third-order valence-corrected chi connectivity index (χ3v) is 2.50. The van der Waals surface area contributed by atoms with Gasteiger partial charge in [-0.2, -0.15) is 0 Å². The van der Waals surface area contributed by atoms with Gasteiger partial charge in [-0.05, 0) is 6.42 Å². The average Bonchev–Trinajstić information content (AvgIpc) is 2.12. The summed E-state index contributed by atoms with van der Waals surface area (Å²) in [5, 5.41) is 6.79. The minimum Gasteiger partial charge on any atom is -0.314 e. The third kappa shape index (κ3) is 1.60. The third-order valence-electron chi connectivity index (χ3n) is 2.50. The zero-order valence-electron chi connectivity index (χ0n) is 6.60. The van der Waals surface area contributed by atoms with E-state index in [-0.39, 0.29) is 0 Å². The molecule has 0 aromatic heterocycles. The van der Waals surface area contributed by atoms with Crippen LogP contribution in [-0.2, 0) is 4.79 Å². The van der Waals surface area contributed by atoms with Crippen molar-refractivity contribution in [2.75, 3.05) is 13.1 Å². The lowest BCUT2D eigenvalue weighted by Crippen LogP contribution is -2.53. The zero-order valence-corrected chi connectivity index (χ0v) is 6.60. The van der Waals surface area contributed by atoms with Crippen LogP contribution >= 0.6 is 0 Å². The molecule has 3 nitrogen and oxygen atoms in total. The first-order chi connectivity index (χ1) is 5.34. The summed E-state index contributed by atoms with van der Waals surface area (Å²) in [6, 6.07) is 0.948. The number of nitrogens with one attached hydrogen (secondary N) is 2. The Hall–Kier alpha value is -0.410. The smallest absolute Gasteiger partial charge is 0.134 e. The number of ketones is 1. The van der Waals surface area contributed by atoms with Crippen LogP contribution in [0.1, 0.15) is 19.3 Å². The van der Waals surface area contributed by atoms with Gasteiger partial charge in [-0.15, -0.1) is 0 Å². The van der Waals surface area contributed by atoms with Gasteiger partial charge in [-0.1, -0.05) is 0 Å². The maximum absolute atomic E-state index is 11.2. The summed E-state index contributed by atoms with van der Waals surface area (Å²) in [5.74, 6) is 0.425. The number of fused-ring (bicyclic) bond motifs is 2. The summed E-state index contributed by atoms with van der Waals surface area (Å²) in [7, 11) is 0. The summed E-state index contributed by atoms with van der Waals surface area (Å²) in [5.41, 5.74) is 0. The Morgan fingerprint density at radius 3 is 3.00 bits per heavy atom. The van der Waals surface area contributed by atoms with Gasteiger partial charge >= 0.3 is 0 Å². The Labute approximate surface area is 66.5 Å². The summed E-state index contributed by atoms with van der Waals surface area (Å²) in [4.78, 5) is 11.2. The molecule has 2 bridgehead atoms. The summed E-state index contributed by atoms with van der Waals surface area (Å²) >= 11 is 0. The van der Waals surface area contributed by atoms with Gasteiger partial charge in [0.1, 0.15) is 5.78 Å². The van der Waals surface area contributed by atoms with Crippen LogP contribution in [0, 0.1) is 0 Å². The maximum Gasteiger partial charge on any atom is 0.134 e. The second-order valence-electron chi connectivity index (χ2n) is 3.50. The number of hydrogen-bond donors (Lipinski definition) is 2. The van der Waals surface area contributed by atoms with E-state index < -0.39 is 0 Å². The van der Waals surface area contributed by atoms with Crippen molar-refractivity contribution in [2.24, 2.45) is 0 Å². The topological polar surface area (TPSA) is 41.1 Å². The predicted octanol–water partition coefficient (Wildman–Crippen LogP) is -0.331. The first-order valence-corrected chi connectivity index (χ1v) is 4.33. The Morgan fingerprint density at radius 1 is 1.27 bits per heavy atom. The normalized spacial score (nSPS) is 38.4. The van der Waals surface area contributed by atoms with Gasteiger partial charge in [0.2, 0.25) is 0 Å². The van der Waals surface area contributed by atoms with Crippen molar-refractivity contribution < 1.29 is 4.79 Å². The van der Waals surface area contributed by atoms with E-state index in [1.54, 1.807) is 0 Å². The number of carbonyl (C=O) groups is 1. The lowest BCUT2D eigenvalue weighted by atomic mass is 10.1. The molecule has 11 heavy (non-hydrogen) atoms. The van der Waals surface area contributed by atoms with Crippen molar-refractivity contribution in [3.8, 4) is 0 Å². The van der Waals surface area contributed by atoms with Crippen LogP contribution in [-0.4, -0.2) is 31.0 Å². The Morgan fingerprint density at radius 2 is 2.09 bits per heavy atom. The number of rotatable bonds is 0. The summed E-state index contributed by atoms with van der Waals surface area (Å²) in [6.45, 7) is 1.99. The van der Waals surface area contributed by atoms with Crippen LogP contribution in [0.25, 0.3) is 0 Å². The predicted molar refractivity (Wildman–Crippen MR) is 42.4 cm³/mol. The molecule has 0 radical (unpaired) electrons. The van der Waals surface area contributed by atoms with E-state index in [9.17, 15) is 4.79 Å². The van der Waals surface area contributed by atoms with Gasteiger partial charge in [0, 0.05) is 38.0 Å². The van der Waals surface area contributed by atoms with Gasteiger partial charge in [-0.3, -0.25) is 4.79 Å². The highest BCUT2D eigenvalue weighted by atomic mass is 16.1. The molecule has 0 aromatic rings. The van der Waals surface area contributed by atoms with Gasteiger partial charge < -0.3 is 10.6 Å². The van der Waals surface area contributed by atoms with Gasteiger partial charge in [0.05, 0.1) is 0 Å². The van der Waals surface area contributed by atoms with Crippen molar-refractivity contribution >= 4 is 5.78 Å². The van der Waals surface area contributed by atoms with Crippen molar-refractivity contribution in [1.82, 2.24) is 10.6 Å². The van der Waals surface area contributed by atoms with Crippen LogP contribution < -0.4 is 10.6 Å². The molecule has 2 heterocycles. The maximum atomic E-state index is 11.2. The highest BCUT2D eigenvalue weighted by Gasteiger charge is 2.26. The van der Waals surface area contributed by atoms with Crippen LogP contribution in [0.4, 0.5) is 0 Å². The number of Topliss-reactive ketones (excluding diaryl/α,β-unsaturated/α-hetero) is 1. The monoisotopic (exact) mass is 154 g/mol. The molecule has 2 atom stereocenters. The zero-order chi connectivity index (χ0) is 7.68. The van der Waals surface area contributed by atoms with E-state index >= 15 is 0 Å². The fourth-order valence-electron chi connectivity index (χ4n) is 1.91. The van der Waals surface area contributed by atoms with Crippen molar-refractivity contribution in [3.05, 3.63) is 0 Å². The SMILES string of the molecule is O=C1CCC2CNCC(C1)N2. The quantitative estimate of drug-likeness (QED) is 0.502. The van der Waals surface area contributed by atoms with Gasteiger partial charge in [0.15, 0.2) is 0 Å². The van der Waals surface area contributed by atoms with E-state index in [1.807, 2.05) is 0 Å². The minimum absolute atomic E-state index is 0.406. The van der Waals surface area contributed by atoms with E-state index in [0.717, 1.165) is 32.4 Å². The Bertz CT molecular complexity index is 169. The lowest BCUT2D eigenvalue weighted by molar-refractivity contribution is -0.119. The molecule has 0 aromatic carbocycles. The molecule has 2 aliphatic heterocycles. The highest BCUT2D eigenvalue weighted by molar-refractivity contribution is 5.79. The number of carbonyl (C=O) groups excluding carboxylic acids is 1. The van der Waals surface area contributed by atoms with Crippen LogP contribution in [0.5, 0.6) is 0 Å². The first-order valence-electron chi connectivity index (χ1n) is 4.33. The lowest BCUT2D eigenvalue weighted by Gasteiger charge is -2.28. The van der Waals surface area contributed by atoms with Crippen molar-refractivity contribution in [2.45, 2.75) is 31.3 Å². The molecular formula is C8H14N2O. The Kier molecular flexibility index (Phi) is 1.92. The largest absolute Gasteiger partial charge is 0.314 e. The van der Waals surface area contributed by atoms with Crippen LogP contribution in [0.3, 0.4) is 0 Å². The van der Waals surface area contributed by atoms with Crippen molar-refractivity contribution in [3.63, 3.8) is 0 Å². The summed E-state index contributed by atoms with van der Waals surface area (Å²) < 4.78 is 0. The molecular weight excluding hydrogens is 140 g/mol. The molecule has 0 aliphatic carbocycles. The second-order valence-corrected chi connectivity index (χ2v) is 3.50. The molecule has 62 valence electrons. The molecule has 3 heteroatoms. The molecule has 2 aliphatic rings. The minimum atomic E-state index is 0.406. The summed E-state index contributed by atoms with van der Waals surface area (Å²) in [6.07, 6.45) is 2.52. The van der Waals surface area contributed by atoms with Crippen molar-refractivity contribution in [1.29, 1.82) is 0 Å². The van der Waals surface area contributed by atoms with E-state index in [2.05, 4.69) is 10.6 Å². The fraction of sp³-hybridized carbons (Fsp3) is 0.875. The number of piperazine rings is 1. The van der Waals surface area contributed by atoms with E-state index in [1.165, 1.54) is 0 Å². The van der Waals surface area contributed by atoms with E-state index in [0.29, 0.717) is 17.9 Å². The first kappa shape index (κ1) is 7.25. The fourth-order valence-corrected chi connectivity index (χ4v) is 1.91. The Balaban J connectivity index is 2.04.